The molecule has 7 heteroatoms. The third-order valence-electron chi connectivity index (χ3n) is 3.84. The third kappa shape index (κ3) is 4.98. The molecule has 1 aliphatic rings. The van der Waals surface area contributed by atoms with Crippen LogP contribution in [0.2, 0.25) is 0 Å². The molecule has 1 saturated carbocycles. The van der Waals surface area contributed by atoms with Gasteiger partial charge >= 0.3 is 6.03 Å². The molecule has 0 aromatic heterocycles. The van der Waals surface area contributed by atoms with Crippen LogP contribution in [-0.2, 0) is 16.4 Å². The number of halogens is 1. The number of carbonyl (C=O) groups is 1. The maximum atomic E-state index is 13.4. The molecule has 0 saturated heterocycles. The Morgan fingerprint density at radius 1 is 1.32 bits per heavy atom. The van der Waals surface area contributed by atoms with E-state index in [-0.39, 0.29) is 29.6 Å². The minimum Gasteiger partial charge on any atom is -0.338 e. The van der Waals surface area contributed by atoms with Crippen LogP contribution in [0, 0.1) is 18.2 Å². The fraction of sp³-hybridized carbons (Fsp3) is 0.533. The number of hydrogen-bond acceptors (Lipinski definition) is 3. The molecule has 22 heavy (non-hydrogen) atoms. The van der Waals surface area contributed by atoms with Crippen LogP contribution in [0.3, 0.4) is 0 Å². The molecule has 2 amide bonds. The number of carbonyl (C=O) groups excluding carboxylic acids is 1. The van der Waals surface area contributed by atoms with Gasteiger partial charge in [0.05, 0.1) is 5.75 Å². The number of sulfone groups is 1. The standard InChI is InChI=1S/C15H21FN2O3S/c1-11-3-4-12(7-13(11)16)8-17-14(19)18-9-15(5-6-15)10-22(2,20)21/h3-4,7H,5-6,8-10H2,1-2H3,(H2,17,18,19). The number of rotatable bonds is 6. The van der Waals surface area contributed by atoms with E-state index in [4.69, 9.17) is 0 Å². The fourth-order valence-corrected chi connectivity index (χ4v) is 3.87. The second-order valence-corrected chi connectivity index (χ2v) is 8.33. The first-order valence-corrected chi connectivity index (χ1v) is 9.20. The van der Waals surface area contributed by atoms with Crippen LogP contribution >= 0.6 is 0 Å². The van der Waals surface area contributed by atoms with Crippen LogP contribution in [-0.4, -0.2) is 33.0 Å². The van der Waals surface area contributed by atoms with Gasteiger partial charge in [0.2, 0.25) is 0 Å². The lowest BCUT2D eigenvalue weighted by atomic mass is 10.1. The Morgan fingerprint density at radius 3 is 2.55 bits per heavy atom. The molecule has 0 spiro atoms. The molecule has 2 rings (SSSR count). The number of benzene rings is 1. The predicted octanol–water partition coefficient (Wildman–Crippen LogP) is 1.76. The van der Waals surface area contributed by atoms with Crippen molar-refractivity contribution < 1.29 is 17.6 Å². The summed E-state index contributed by atoms with van der Waals surface area (Å²) in [5, 5.41) is 5.34. The van der Waals surface area contributed by atoms with E-state index in [1.54, 1.807) is 19.1 Å². The van der Waals surface area contributed by atoms with Gasteiger partial charge in [-0.2, -0.15) is 0 Å². The highest BCUT2D eigenvalue weighted by Crippen LogP contribution is 2.45. The van der Waals surface area contributed by atoms with Gasteiger partial charge in [0.15, 0.2) is 0 Å². The highest BCUT2D eigenvalue weighted by Gasteiger charge is 2.45. The third-order valence-corrected chi connectivity index (χ3v) is 4.98. The minimum absolute atomic E-state index is 0.101. The van der Waals surface area contributed by atoms with Crippen LogP contribution in [0.5, 0.6) is 0 Å². The number of urea groups is 1. The summed E-state index contributed by atoms with van der Waals surface area (Å²) in [4.78, 5) is 11.7. The van der Waals surface area contributed by atoms with Gasteiger partial charge in [0.1, 0.15) is 15.7 Å². The van der Waals surface area contributed by atoms with Crippen molar-refractivity contribution >= 4 is 15.9 Å². The second-order valence-electron chi connectivity index (χ2n) is 6.19. The first-order chi connectivity index (χ1) is 10.2. The summed E-state index contributed by atoms with van der Waals surface area (Å²) < 4.78 is 36.1. The Labute approximate surface area is 130 Å². The van der Waals surface area contributed by atoms with Crippen molar-refractivity contribution in [3.63, 3.8) is 0 Å². The summed E-state index contributed by atoms with van der Waals surface area (Å²) in [6.07, 6.45) is 2.83. The Morgan fingerprint density at radius 2 is 2.00 bits per heavy atom. The molecule has 0 radical (unpaired) electrons. The average Bonchev–Trinajstić information content (AvgIpc) is 3.16. The zero-order valence-corrected chi connectivity index (χ0v) is 13.6. The summed E-state index contributed by atoms with van der Waals surface area (Å²) in [5.74, 6) is -0.200. The van der Waals surface area contributed by atoms with Crippen LogP contribution in [0.15, 0.2) is 18.2 Å². The van der Waals surface area contributed by atoms with E-state index in [9.17, 15) is 17.6 Å². The van der Waals surface area contributed by atoms with Crippen LogP contribution < -0.4 is 10.6 Å². The molecule has 1 aromatic rings. The van der Waals surface area contributed by atoms with Crippen LogP contribution in [0.4, 0.5) is 9.18 Å². The van der Waals surface area contributed by atoms with Crippen molar-refractivity contribution in [2.45, 2.75) is 26.3 Å². The van der Waals surface area contributed by atoms with E-state index in [1.807, 2.05) is 0 Å². The van der Waals surface area contributed by atoms with Crippen molar-refractivity contribution in [2.24, 2.45) is 5.41 Å². The quantitative estimate of drug-likeness (QED) is 0.835. The van der Waals surface area contributed by atoms with E-state index in [0.29, 0.717) is 17.7 Å². The summed E-state index contributed by atoms with van der Waals surface area (Å²) >= 11 is 0. The maximum absolute atomic E-state index is 13.4. The Balaban J connectivity index is 1.78. The number of amides is 2. The number of hydrogen-bond donors (Lipinski definition) is 2. The molecule has 1 aliphatic carbocycles. The van der Waals surface area contributed by atoms with Crippen molar-refractivity contribution in [1.29, 1.82) is 0 Å². The zero-order chi connectivity index (χ0) is 16.4. The highest BCUT2D eigenvalue weighted by atomic mass is 32.2. The molecule has 0 bridgehead atoms. The summed E-state index contributed by atoms with van der Waals surface area (Å²) in [6, 6.07) is 4.43. The fourth-order valence-electron chi connectivity index (χ4n) is 2.36. The smallest absolute Gasteiger partial charge is 0.315 e. The summed E-state index contributed by atoms with van der Waals surface area (Å²) in [6.45, 7) is 2.24. The van der Waals surface area contributed by atoms with Gasteiger partial charge in [-0.3, -0.25) is 0 Å². The van der Waals surface area contributed by atoms with Crippen LogP contribution in [0.1, 0.15) is 24.0 Å². The van der Waals surface area contributed by atoms with Gasteiger partial charge in [-0.1, -0.05) is 12.1 Å². The molecular formula is C15H21FN2O3S. The normalized spacial score (nSPS) is 16.1. The van der Waals surface area contributed by atoms with Crippen molar-refractivity contribution in [3.8, 4) is 0 Å². The Hall–Kier alpha value is -1.63. The Kier molecular flexibility index (Phi) is 4.75. The molecule has 0 heterocycles. The first kappa shape index (κ1) is 16.7. The topological polar surface area (TPSA) is 75.3 Å². The van der Waals surface area contributed by atoms with E-state index >= 15 is 0 Å². The van der Waals surface area contributed by atoms with E-state index in [1.165, 1.54) is 12.3 Å². The summed E-state index contributed by atoms with van der Waals surface area (Å²) in [5.41, 5.74) is 0.932. The molecule has 0 aliphatic heterocycles. The van der Waals surface area contributed by atoms with E-state index < -0.39 is 9.84 Å². The van der Waals surface area contributed by atoms with Gasteiger partial charge < -0.3 is 10.6 Å². The first-order valence-electron chi connectivity index (χ1n) is 7.14. The lowest BCUT2D eigenvalue weighted by Gasteiger charge is -2.15. The van der Waals surface area contributed by atoms with Gasteiger partial charge in [-0.05, 0) is 37.0 Å². The lowest BCUT2D eigenvalue weighted by Crippen LogP contribution is -2.40. The molecule has 5 nitrogen and oxygen atoms in total. The SMILES string of the molecule is Cc1ccc(CNC(=O)NCC2(CS(C)(=O)=O)CC2)cc1F. The largest absolute Gasteiger partial charge is 0.338 e. The predicted molar refractivity (Wildman–Crippen MR) is 82.8 cm³/mol. The molecule has 1 fully saturated rings. The van der Waals surface area contributed by atoms with Gasteiger partial charge in [-0.15, -0.1) is 0 Å². The molecule has 0 atom stereocenters. The molecule has 2 N–H and O–H groups in total. The van der Waals surface area contributed by atoms with Gasteiger partial charge in [0.25, 0.3) is 0 Å². The Bertz CT molecular complexity index is 669. The van der Waals surface area contributed by atoms with Crippen LogP contribution in [0.25, 0.3) is 0 Å². The zero-order valence-electron chi connectivity index (χ0n) is 12.8. The van der Waals surface area contributed by atoms with E-state index in [0.717, 1.165) is 12.8 Å². The van der Waals surface area contributed by atoms with Crippen molar-refractivity contribution in [2.75, 3.05) is 18.6 Å². The number of aryl methyl sites for hydroxylation is 1. The van der Waals surface area contributed by atoms with E-state index in [2.05, 4.69) is 10.6 Å². The highest BCUT2D eigenvalue weighted by molar-refractivity contribution is 7.90. The monoisotopic (exact) mass is 328 g/mol. The maximum Gasteiger partial charge on any atom is 0.315 e. The summed E-state index contributed by atoms with van der Waals surface area (Å²) in [7, 11) is -3.04. The van der Waals surface area contributed by atoms with Gasteiger partial charge in [-0.25, -0.2) is 17.6 Å². The molecular weight excluding hydrogens is 307 g/mol. The molecule has 1 aromatic carbocycles. The molecule has 0 unspecified atom stereocenters. The molecule has 122 valence electrons. The van der Waals surface area contributed by atoms with Gasteiger partial charge in [0, 0.05) is 24.8 Å². The average molecular weight is 328 g/mol. The van der Waals surface area contributed by atoms with Crippen molar-refractivity contribution in [3.05, 3.63) is 35.1 Å². The van der Waals surface area contributed by atoms with Crippen molar-refractivity contribution in [1.82, 2.24) is 10.6 Å². The lowest BCUT2D eigenvalue weighted by molar-refractivity contribution is 0.238. The second kappa shape index (κ2) is 6.24. The minimum atomic E-state index is -3.04. The number of nitrogens with one attached hydrogen (secondary N) is 2.